The standard InChI is InChI=1S/C20H17F3N2O4/c1-28-17(16-9-12-5-2-3-8-15(12)29-16)11-24-18(26)19(27)25-14-7-4-6-13(10-14)20(21,22)23/h2-10,17H,11H2,1H3,(H,24,26)(H,25,27)/t17-/m1/s1. The van der Waals surface area contributed by atoms with Gasteiger partial charge in [-0.3, -0.25) is 9.59 Å². The van der Waals surface area contributed by atoms with Crippen molar-refractivity contribution in [2.24, 2.45) is 0 Å². The third kappa shape index (κ3) is 4.94. The summed E-state index contributed by atoms with van der Waals surface area (Å²) in [4.78, 5) is 24.0. The van der Waals surface area contributed by atoms with Gasteiger partial charge in [0.25, 0.3) is 0 Å². The number of carbonyl (C=O) groups excluding carboxylic acids is 2. The fourth-order valence-electron chi connectivity index (χ4n) is 2.69. The summed E-state index contributed by atoms with van der Waals surface area (Å²) in [5.41, 5.74) is -0.418. The maximum atomic E-state index is 12.7. The second-order valence-corrected chi connectivity index (χ2v) is 6.15. The summed E-state index contributed by atoms with van der Waals surface area (Å²) in [6, 6.07) is 13.1. The summed E-state index contributed by atoms with van der Waals surface area (Å²) in [7, 11) is 1.42. The number of hydrogen-bond donors (Lipinski definition) is 2. The molecule has 0 aliphatic heterocycles. The molecular weight excluding hydrogens is 389 g/mol. The minimum Gasteiger partial charge on any atom is -0.458 e. The van der Waals surface area contributed by atoms with Crippen molar-refractivity contribution in [2.45, 2.75) is 12.3 Å². The van der Waals surface area contributed by atoms with Crippen LogP contribution in [0.25, 0.3) is 11.0 Å². The molecule has 9 heteroatoms. The van der Waals surface area contributed by atoms with Crippen LogP contribution in [0.1, 0.15) is 17.4 Å². The van der Waals surface area contributed by atoms with Crippen molar-refractivity contribution >= 4 is 28.5 Å². The molecular formula is C20H17F3N2O4. The van der Waals surface area contributed by atoms with Crippen LogP contribution in [0.3, 0.4) is 0 Å². The summed E-state index contributed by atoms with van der Waals surface area (Å²) < 4.78 is 49.2. The fraction of sp³-hybridized carbons (Fsp3) is 0.200. The first-order valence-electron chi connectivity index (χ1n) is 8.55. The van der Waals surface area contributed by atoms with Crippen LogP contribution in [0.5, 0.6) is 0 Å². The van der Waals surface area contributed by atoms with E-state index in [1.165, 1.54) is 13.2 Å². The Balaban J connectivity index is 1.61. The number of halogens is 3. The number of hydrogen-bond acceptors (Lipinski definition) is 4. The Bertz CT molecular complexity index is 997. The van der Waals surface area contributed by atoms with Crippen molar-refractivity contribution in [3.63, 3.8) is 0 Å². The SMILES string of the molecule is CO[C@H](CNC(=O)C(=O)Nc1cccc(C(F)(F)F)c1)c1cc2ccccc2o1. The van der Waals surface area contributed by atoms with E-state index >= 15 is 0 Å². The molecule has 0 saturated carbocycles. The van der Waals surface area contributed by atoms with E-state index in [4.69, 9.17) is 9.15 Å². The predicted molar refractivity (Wildman–Crippen MR) is 99.0 cm³/mol. The van der Waals surface area contributed by atoms with Crippen molar-refractivity contribution in [3.8, 4) is 0 Å². The first kappa shape index (κ1) is 20.4. The van der Waals surface area contributed by atoms with E-state index in [1.807, 2.05) is 18.2 Å². The number of methoxy groups -OCH3 is 1. The van der Waals surface area contributed by atoms with Crippen LogP contribution in [-0.4, -0.2) is 25.5 Å². The summed E-state index contributed by atoms with van der Waals surface area (Å²) in [5, 5.41) is 5.38. The molecule has 2 amide bonds. The smallest absolute Gasteiger partial charge is 0.416 e. The molecule has 1 heterocycles. The molecule has 0 spiro atoms. The van der Waals surface area contributed by atoms with Crippen LogP contribution < -0.4 is 10.6 Å². The van der Waals surface area contributed by atoms with Gasteiger partial charge in [-0.25, -0.2) is 0 Å². The van der Waals surface area contributed by atoms with Crippen molar-refractivity contribution in [3.05, 3.63) is 65.9 Å². The van der Waals surface area contributed by atoms with E-state index < -0.39 is 29.7 Å². The maximum Gasteiger partial charge on any atom is 0.416 e. The maximum absolute atomic E-state index is 12.7. The number of ether oxygens (including phenoxy) is 1. The number of nitrogens with one attached hydrogen (secondary N) is 2. The molecule has 0 saturated heterocycles. The van der Waals surface area contributed by atoms with Gasteiger partial charge in [-0.1, -0.05) is 24.3 Å². The lowest BCUT2D eigenvalue weighted by Crippen LogP contribution is -2.37. The Hall–Kier alpha value is -3.33. The van der Waals surface area contributed by atoms with Gasteiger partial charge in [-0.05, 0) is 30.3 Å². The third-order valence-corrected chi connectivity index (χ3v) is 4.15. The fourth-order valence-corrected chi connectivity index (χ4v) is 2.69. The lowest BCUT2D eigenvalue weighted by molar-refractivity contribution is -0.137. The Morgan fingerprint density at radius 1 is 1.07 bits per heavy atom. The number of rotatable bonds is 5. The minimum atomic E-state index is -4.55. The van der Waals surface area contributed by atoms with Gasteiger partial charge >= 0.3 is 18.0 Å². The first-order valence-corrected chi connectivity index (χ1v) is 8.55. The molecule has 3 rings (SSSR count). The molecule has 3 aromatic rings. The summed E-state index contributed by atoms with van der Waals surface area (Å²) >= 11 is 0. The van der Waals surface area contributed by atoms with Crippen molar-refractivity contribution in [1.29, 1.82) is 0 Å². The molecule has 0 unspecified atom stereocenters. The molecule has 1 atom stereocenters. The zero-order valence-corrected chi connectivity index (χ0v) is 15.2. The van der Waals surface area contributed by atoms with Crippen LogP contribution in [-0.2, 0) is 20.5 Å². The first-order chi connectivity index (χ1) is 13.8. The number of amides is 2. The average molecular weight is 406 g/mol. The number of fused-ring (bicyclic) bond motifs is 1. The van der Waals surface area contributed by atoms with Gasteiger partial charge in [0.1, 0.15) is 17.4 Å². The van der Waals surface area contributed by atoms with Gasteiger partial charge in [0.05, 0.1) is 12.1 Å². The Morgan fingerprint density at radius 3 is 2.52 bits per heavy atom. The van der Waals surface area contributed by atoms with Crippen molar-refractivity contribution < 1.29 is 31.9 Å². The van der Waals surface area contributed by atoms with E-state index in [2.05, 4.69) is 10.6 Å². The number of carbonyl (C=O) groups is 2. The highest BCUT2D eigenvalue weighted by atomic mass is 19.4. The van der Waals surface area contributed by atoms with Gasteiger partial charge in [0.15, 0.2) is 0 Å². The van der Waals surface area contributed by atoms with Crippen LogP contribution in [0.2, 0.25) is 0 Å². The minimum absolute atomic E-state index is 0.0643. The third-order valence-electron chi connectivity index (χ3n) is 4.15. The van der Waals surface area contributed by atoms with E-state index in [0.29, 0.717) is 11.3 Å². The monoisotopic (exact) mass is 406 g/mol. The average Bonchev–Trinajstić information content (AvgIpc) is 3.11. The van der Waals surface area contributed by atoms with E-state index in [1.54, 1.807) is 12.1 Å². The number of benzene rings is 2. The molecule has 0 aliphatic carbocycles. The molecule has 152 valence electrons. The number of para-hydroxylation sites is 1. The van der Waals surface area contributed by atoms with Gasteiger partial charge in [0, 0.05) is 18.2 Å². The highest BCUT2D eigenvalue weighted by Gasteiger charge is 2.30. The zero-order valence-electron chi connectivity index (χ0n) is 15.2. The Kier molecular flexibility index (Phi) is 5.88. The molecule has 6 nitrogen and oxygen atoms in total. The van der Waals surface area contributed by atoms with Crippen LogP contribution in [0, 0.1) is 0 Å². The second kappa shape index (κ2) is 8.36. The topological polar surface area (TPSA) is 80.6 Å². The van der Waals surface area contributed by atoms with Crippen molar-refractivity contribution in [1.82, 2.24) is 5.32 Å². The highest BCUT2D eigenvalue weighted by molar-refractivity contribution is 6.39. The van der Waals surface area contributed by atoms with Crippen LogP contribution in [0.4, 0.5) is 18.9 Å². The van der Waals surface area contributed by atoms with Crippen LogP contribution >= 0.6 is 0 Å². The summed E-state index contributed by atoms with van der Waals surface area (Å²) in [6.07, 6.45) is -5.20. The lowest BCUT2D eigenvalue weighted by atomic mass is 10.2. The summed E-state index contributed by atoms with van der Waals surface area (Å²) in [6.45, 7) is -0.0643. The highest BCUT2D eigenvalue weighted by Crippen LogP contribution is 2.30. The molecule has 0 bridgehead atoms. The Labute approximate surface area is 163 Å². The van der Waals surface area contributed by atoms with Gasteiger partial charge in [-0.15, -0.1) is 0 Å². The molecule has 1 aromatic heterocycles. The lowest BCUT2D eigenvalue weighted by Gasteiger charge is -2.14. The largest absolute Gasteiger partial charge is 0.458 e. The van der Waals surface area contributed by atoms with Gasteiger partial charge in [0.2, 0.25) is 0 Å². The number of anilines is 1. The molecule has 0 radical (unpaired) electrons. The second-order valence-electron chi connectivity index (χ2n) is 6.15. The molecule has 2 N–H and O–H groups in total. The van der Waals surface area contributed by atoms with Crippen LogP contribution in [0.15, 0.2) is 59.0 Å². The number of furan rings is 1. The van der Waals surface area contributed by atoms with Crippen molar-refractivity contribution in [2.75, 3.05) is 19.0 Å². The quantitative estimate of drug-likeness (QED) is 0.630. The predicted octanol–water partition coefficient (Wildman–Crippen LogP) is 3.89. The molecule has 0 aliphatic rings. The number of alkyl halides is 3. The molecule has 0 fully saturated rings. The molecule has 29 heavy (non-hydrogen) atoms. The Morgan fingerprint density at radius 2 is 1.83 bits per heavy atom. The molecule has 2 aromatic carbocycles. The van der Waals surface area contributed by atoms with E-state index in [0.717, 1.165) is 23.6 Å². The zero-order chi connectivity index (χ0) is 21.0. The summed E-state index contributed by atoms with van der Waals surface area (Å²) in [5.74, 6) is -1.64. The van der Waals surface area contributed by atoms with Gasteiger partial charge in [-0.2, -0.15) is 13.2 Å². The van der Waals surface area contributed by atoms with E-state index in [-0.39, 0.29) is 12.2 Å². The van der Waals surface area contributed by atoms with E-state index in [9.17, 15) is 22.8 Å². The normalized spacial score (nSPS) is 12.6. The van der Waals surface area contributed by atoms with Gasteiger partial charge < -0.3 is 19.8 Å².